The van der Waals surface area contributed by atoms with Gasteiger partial charge < -0.3 is 15.4 Å². The van der Waals surface area contributed by atoms with Crippen molar-refractivity contribution in [2.45, 2.75) is 39.8 Å². The second-order valence-electron chi connectivity index (χ2n) is 6.45. The van der Waals surface area contributed by atoms with Gasteiger partial charge in [0.2, 0.25) is 0 Å². The van der Waals surface area contributed by atoms with Crippen LogP contribution in [0.4, 0.5) is 0 Å². The molecule has 4 N–H and O–H groups in total. The molecule has 8 heteroatoms. The summed E-state index contributed by atoms with van der Waals surface area (Å²) in [7, 11) is 1.60. The predicted molar refractivity (Wildman–Crippen MR) is 106 cm³/mol. The molecule has 1 aromatic rings. The summed E-state index contributed by atoms with van der Waals surface area (Å²) in [6.45, 7) is 7.96. The molecule has 0 spiro atoms. The number of carbonyl (C=O) groups excluding carboxylic acids is 2. The average Bonchev–Trinajstić information content (AvgIpc) is 2.57. The molecule has 0 saturated heterocycles. The molecule has 2 atom stereocenters. The van der Waals surface area contributed by atoms with Crippen LogP contribution in [0, 0.1) is 12.8 Å². The number of aryl methyl sites for hydroxylation is 1. The van der Waals surface area contributed by atoms with Crippen LogP contribution in [0.15, 0.2) is 24.3 Å². The molecule has 0 fully saturated rings. The number of nitrogens with one attached hydrogen (secondary N) is 4. The minimum Gasteiger partial charge on any atom is -0.383 e. The van der Waals surface area contributed by atoms with Crippen molar-refractivity contribution in [2.24, 2.45) is 5.92 Å². The largest absolute Gasteiger partial charge is 0.383 e. The number of amides is 2. The summed E-state index contributed by atoms with van der Waals surface area (Å²) in [6, 6.07) is 6.54. The first-order valence-corrected chi connectivity index (χ1v) is 8.88. The summed E-state index contributed by atoms with van der Waals surface area (Å²) in [4.78, 5) is 24.9. The lowest BCUT2D eigenvalue weighted by molar-refractivity contribution is -0.124. The minimum absolute atomic E-state index is 0.00134. The molecule has 144 valence electrons. The van der Waals surface area contributed by atoms with Crippen LogP contribution in [-0.4, -0.2) is 42.7 Å². The van der Waals surface area contributed by atoms with Crippen molar-refractivity contribution in [3.8, 4) is 0 Å². The zero-order chi connectivity index (χ0) is 19.7. The molecule has 0 saturated carbocycles. The highest BCUT2D eigenvalue weighted by molar-refractivity contribution is 7.80. The number of hydrazine groups is 1. The van der Waals surface area contributed by atoms with Gasteiger partial charge >= 0.3 is 0 Å². The molecule has 0 radical (unpaired) electrons. The molecular formula is C18H28N4O3S. The van der Waals surface area contributed by atoms with Gasteiger partial charge in [0.05, 0.1) is 6.61 Å². The average molecular weight is 381 g/mol. The zero-order valence-electron chi connectivity index (χ0n) is 15.9. The maximum Gasteiger partial charge on any atom is 0.261 e. The van der Waals surface area contributed by atoms with E-state index in [-0.39, 0.29) is 28.9 Å². The lowest BCUT2D eigenvalue weighted by atomic mass is 10.0. The second kappa shape index (κ2) is 10.7. The fourth-order valence-electron chi connectivity index (χ4n) is 2.33. The molecule has 1 rings (SSSR count). The van der Waals surface area contributed by atoms with Crippen LogP contribution in [0.25, 0.3) is 0 Å². The van der Waals surface area contributed by atoms with E-state index in [1.54, 1.807) is 19.2 Å². The molecule has 0 aliphatic heterocycles. The maximum absolute atomic E-state index is 12.5. The van der Waals surface area contributed by atoms with E-state index in [1.807, 2.05) is 39.8 Å². The van der Waals surface area contributed by atoms with Gasteiger partial charge in [-0.1, -0.05) is 32.0 Å². The van der Waals surface area contributed by atoms with Gasteiger partial charge in [-0.05, 0) is 43.6 Å². The highest BCUT2D eigenvalue weighted by atomic mass is 32.1. The Morgan fingerprint density at radius 2 is 1.77 bits per heavy atom. The van der Waals surface area contributed by atoms with Gasteiger partial charge in [0, 0.05) is 18.7 Å². The van der Waals surface area contributed by atoms with E-state index in [4.69, 9.17) is 17.0 Å². The van der Waals surface area contributed by atoms with E-state index in [0.717, 1.165) is 5.56 Å². The number of hydrogen-bond acceptors (Lipinski definition) is 4. The summed E-state index contributed by atoms with van der Waals surface area (Å²) in [5.74, 6) is -0.754. The van der Waals surface area contributed by atoms with Crippen molar-refractivity contribution in [1.82, 2.24) is 21.5 Å². The lowest BCUT2D eigenvalue weighted by Crippen LogP contribution is -2.56. The Morgan fingerprint density at radius 3 is 2.35 bits per heavy atom. The van der Waals surface area contributed by atoms with Crippen molar-refractivity contribution in [2.75, 3.05) is 13.7 Å². The van der Waals surface area contributed by atoms with Gasteiger partial charge in [-0.3, -0.25) is 20.4 Å². The van der Waals surface area contributed by atoms with Gasteiger partial charge in [0.25, 0.3) is 11.8 Å². The molecular weight excluding hydrogens is 352 g/mol. The molecule has 0 unspecified atom stereocenters. The molecule has 1 aromatic carbocycles. The van der Waals surface area contributed by atoms with Crippen molar-refractivity contribution in [1.29, 1.82) is 0 Å². The highest BCUT2D eigenvalue weighted by Crippen LogP contribution is 2.09. The number of rotatable bonds is 7. The minimum atomic E-state index is -0.700. The number of benzene rings is 1. The van der Waals surface area contributed by atoms with Crippen molar-refractivity contribution >= 4 is 29.1 Å². The third kappa shape index (κ3) is 6.97. The van der Waals surface area contributed by atoms with Crippen molar-refractivity contribution < 1.29 is 14.3 Å². The van der Waals surface area contributed by atoms with Gasteiger partial charge in [0.1, 0.15) is 6.04 Å². The molecule has 26 heavy (non-hydrogen) atoms. The third-order valence-electron chi connectivity index (χ3n) is 3.72. The van der Waals surface area contributed by atoms with Crippen LogP contribution in [0.5, 0.6) is 0 Å². The number of carbonyl (C=O) groups is 2. The topological polar surface area (TPSA) is 91.5 Å². The van der Waals surface area contributed by atoms with E-state index in [2.05, 4.69) is 21.5 Å². The summed E-state index contributed by atoms with van der Waals surface area (Å²) < 4.78 is 5.01. The Bertz CT molecular complexity index is 637. The van der Waals surface area contributed by atoms with Gasteiger partial charge in [-0.15, -0.1) is 0 Å². The summed E-state index contributed by atoms with van der Waals surface area (Å²) in [5.41, 5.74) is 6.58. The Balaban J connectivity index is 2.63. The first-order valence-electron chi connectivity index (χ1n) is 8.48. The van der Waals surface area contributed by atoms with Crippen LogP contribution < -0.4 is 21.5 Å². The number of ether oxygens (including phenoxy) is 1. The maximum atomic E-state index is 12.5. The van der Waals surface area contributed by atoms with Gasteiger partial charge in [-0.2, -0.15) is 0 Å². The van der Waals surface area contributed by atoms with E-state index in [0.29, 0.717) is 12.2 Å². The normalized spacial score (nSPS) is 12.8. The standard InChI is InChI=1S/C18H28N4O3S/c1-11(2)15(20-16(23)14-9-7-6-8-12(14)3)17(24)21-22-18(26)19-13(4)10-25-5/h6-9,11,13,15H,10H2,1-5H3,(H,20,23)(H,21,24)(H2,19,22,26)/t13-,15-/m0/s1. The van der Waals surface area contributed by atoms with E-state index < -0.39 is 6.04 Å². The Morgan fingerprint density at radius 1 is 1.12 bits per heavy atom. The van der Waals surface area contributed by atoms with Crippen LogP contribution in [-0.2, 0) is 9.53 Å². The van der Waals surface area contributed by atoms with E-state index in [9.17, 15) is 9.59 Å². The first kappa shape index (κ1) is 21.9. The second-order valence-corrected chi connectivity index (χ2v) is 6.86. The number of methoxy groups -OCH3 is 1. The molecule has 0 bridgehead atoms. The Hall–Kier alpha value is -2.19. The quantitative estimate of drug-likeness (QED) is 0.421. The molecule has 0 aromatic heterocycles. The van der Waals surface area contributed by atoms with E-state index >= 15 is 0 Å². The van der Waals surface area contributed by atoms with Crippen LogP contribution in [0.1, 0.15) is 36.7 Å². The van der Waals surface area contributed by atoms with Crippen LogP contribution in [0.3, 0.4) is 0 Å². The van der Waals surface area contributed by atoms with Gasteiger partial charge in [0.15, 0.2) is 5.11 Å². The number of thiocarbonyl (C=S) groups is 1. The van der Waals surface area contributed by atoms with E-state index in [1.165, 1.54) is 0 Å². The smallest absolute Gasteiger partial charge is 0.261 e. The van der Waals surface area contributed by atoms with Crippen molar-refractivity contribution in [3.63, 3.8) is 0 Å². The SMILES string of the molecule is COC[C@H](C)NC(=S)NNC(=O)[C@@H](NC(=O)c1ccccc1C)C(C)C. The molecule has 7 nitrogen and oxygen atoms in total. The fraction of sp³-hybridized carbons (Fsp3) is 0.500. The van der Waals surface area contributed by atoms with Crippen molar-refractivity contribution in [3.05, 3.63) is 35.4 Å². The lowest BCUT2D eigenvalue weighted by Gasteiger charge is -2.23. The Kier molecular flexibility index (Phi) is 9.01. The predicted octanol–water partition coefficient (Wildman–Crippen LogP) is 1.28. The number of hydrogen-bond donors (Lipinski definition) is 4. The van der Waals surface area contributed by atoms with Crippen LogP contribution >= 0.6 is 12.2 Å². The third-order valence-corrected chi connectivity index (χ3v) is 3.94. The van der Waals surface area contributed by atoms with Gasteiger partial charge in [-0.25, -0.2) is 0 Å². The zero-order valence-corrected chi connectivity index (χ0v) is 16.7. The Labute approximate surface area is 160 Å². The molecule has 2 amide bonds. The molecule has 0 aliphatic rings. The van der Waals surface area contributed by atoms with Crippen LogP contribution in [0.2, 0.25) is 0 Å². The molecule has 0 aliphatic carbocycles. The molecule has 0 heterocycles. The summed E-state index contributed by atoms with van der Waals surface area (Å²) >= 11 is 5.12. The fourth-order valence-corrected chi connectivity index (χ4v) is 2.58. The highest BCUT2D eigenvalue weighted by Gasteiger charge is 2.25. The monoisotopic (exact) mass is 380 g/mol. The first-order chi connectivity index (χ1) is 12.3. The summed E-state index contributed by atoms with van der Waals surface area (Å²) in [5, 5.41) is 6.03. The summed E-state index contributed by atoms with van der Waals surface area (Å²) in [6.07, 6.45) is 0.